The number of hydrogen-bond acceptors (Lipinski definition) is 3. The highest BCUT2D eigenvalue weighted by Gasteiger charge is 2.01. The summed E-state index contributed by atoms with van der Waals surface area (Å²) in [5.74, 6) is -0.415. The Labute approximate surface area is 148 Å². The Kier molecular flexibility index (Phi) is 17.0. The summed E-state index contributed by atoms with van der Waals surface area (Å²) in [5, 5.41) is 2.75. The van der Waals surface area contributed by atoms with Gasteiger partial charge in [0.05, 0.1) is 6.54 Å². The van der Waals surface area contributed by atoms with E-state index in [4.69, 9.17) is 4.74 Å². The number of carbonyl (C=O) groups is 2. The van der Waals surface area contributed by atoms with Crippen LogP contribution in [0.4, 0.5) is 0 Å². The highest BCUT2D eigenvalue weighted by atomic mass is 16.5. The van der Waals surface area contributed by atoms with E-state index in [0.29, 0.717) is 13.0 Å². The summed E-state index contributed by atoms with van der Waals surface area (Å²) in [4.78, 5) is 22.4. The molecule has 24 heavy (non-hydrogen) atoms. The lowest BCUT2D eigenvalue weighted by Gasteiger charge is -2.05. The van der Waals surface area contributed by atoms with Crippen molar-refractivity contribution in [3.8, 4) is 0 Å². The van der Waals surface area contributed by atoms with E-state index in [1.807, 2.05) is 0 Å². The van der Waals surface area contributed by atoms with E-state index >= 15 is 0 Å². The molecule has 0 aromatic carbocycles. The first-order valence-electron chi connectivity index (χ1n) is 9.76. The van der Waals surface area contributed by atoms with Gasteiger partial charge in [-0.3, -0.25) is 4.79 Å². The largest absolute Gasteiger partial charge is 0.461 e. The van der Waals surface area contributed by atoms with Crippen molar-refractivity contribution in [2.75, 3.05) is 13.2 Å². The Morgan fingerprint density at radius 1 is 0.875 bits per heavy atom. The second-order valence-corrected chi connectivity index (χ2v) is 6.36. The quantitative estimate of drug-likeness (QED) is 0.232. The van der Waals surface area contributed by atoms with Crippen LogP contribution in [-0.2, 0) is 14.3 Å². The van der Waals surface area contributed by atoms with Crippen LogP contribution in [0, 0.1) is 0 Å². The predicted octanol–water partition coefficient (Wildman–Crippen LogP) is 4.92. The van der Waals surface area contributed by atoms with Crippen LogP contribution in [0.25, 0.3) is 0 Å². The monoisotopic (exact) mass is 339 g/mol. The average Bonchev–Trinajstić information content (AvgIpc) is 2.59. The van der Waals surface area contributed by atoms with Gasteiger partial charge in [0.15, 0.2) is 0 Å². The third kappa shape index (κ3) is 17.0. The highest BCUT2D eigenvalue weighted by Crippen LogP contribution is 2.12. The van der Waals surface area contributed by atoms with E-state index in [2.05, 4.69) is 18.8 Å². The molecule has 0 rings (SSSR count). The number of hydrogen-bond donors (Lipinski definition) is 1. The van der Waals surface area contributed by atoms with Gasteiger partial charge < -0.3 is 10.1 Å². The number of carbonyl (C=O) groups excluding carboxylic acids is 2. The molecule has 1 N–H and O–H groups in total. The molecule has 0 spiro atoms. The fraction of sp³-hybridized carbons (Fsp3) is 0.800. The van der Waals surface area contributed by atoms with Gasteiger partial charge in [-0.1, -0.05) is 84.1 Å². The van der Waals surface area contributed by atoms with Crippen LogP contribution >= 0.6 is 0 Å². The number of ether oxygens (including phenoxy) is 1. The van der Waals surface area contributed by atoms with Crippen LogP contribution in [-0.4, -0.2) is 25.0 Å². The zero-order chi connectivity index (χ0) is 17.9. The van der Waals surface area contributed by atoms with Crippen molar-refractivity contribution in [1.82, 2.24) is 5.32 Å². The number of unbranched alkanes of at least 4 members (excludes halogenated alkanes) is 11. The SMILES string of the molecule is C=CC(=O)OCCNC(=O)CCCCCCCCCCCCCC. The maximum absolute atomic E-state index is 11.6. The minimum Gasteiger partial charge on any atom is -0.461 e. The Balaban J connectivity index is 3.19. The molecular formula is C20H37NO3. The molecule has 0 heterocycles. The second-order valence-electron chi connectivity index (χ2n) is 6.36. The minimum atomic E-state index is -0.454. The Morgan fingerprint density at radius 3 is 1.88 bits per heavy atom. The zero-order valence-electron chi connectivity index (χ0n) is 15.6. The summed E-state index contributed by atoms with van der Waals surface area (Å²) in [6.45, 7) is 6.14. The van der Waals surface area contributed by atoms with Crippen molar-refractivity contribution in [1.29, 1.82) is 0 Å². The lowest BCUT2D eigenvalue weighted by molar-refractivity contribution is -0.138. The lowest BCUT2D eigenvalue weighted by Crippen LogP contribution is -2.27. The van der Waals surface area contributed by atoms with Gasteiger partial charge in [0, 0.05) is 12.5 Å². The van der Waals surface area contributed by atoms with Crippen LogP contribution in [0.15, 0.2) is 12.7 Å². The summed E-state index contributed by atoms with van der Waals surface area (Å²) in [5.41, 5.74) is 0. The van der Waals surface area contributed by atoms with Crippen LogP contribution < -0.4 is 5.32 Å². The van der Waals surface area contributed by atoms with Crippen LogP contribution in [0.3, 0.4) is 0 Å². The first-order valence-corrected chi connectivity index (χ1v) is 9.76. The fourth-order valence-electron chi connectivity index (χ4n) is 2.62. The molecule has 0 aliphatic carbocycles. The minimum absolute atomic E-state index is 0.0386. The number of nitrogens with one attached hydrogen (secondary N) is 1. The van der Waals surface area contributed by atoms with E-state index in [0.717, 1.165) is 18.9 Å². The van der Waals surface area contributed by atoms with Gasteiger partial charge in [-0.25, -0.2) is 4.79 Å². The number of rotatable bonds is 17. The van der Waals surface area contributed by atoms with Crippen molar-refractivity contribution in [2.24, 2.45) is 0 Å². The number of esters is 1. The summed E-state index contributed by atoms with van der Waals surface area (Å²) in [6.07, 6.45) is 17.2. The van der Waals surface area contributed by atoms with Gasteiger partial charge in [-0.05, 0) is 6.42 Å². The van der Waals surface area contributed by atoms with Crippen molar-refractivity contribution >= 4 is 11.9 Å². The molecule has 0 aliphatic heterocycles. The summed E-state index contributed by atoms with van der Waals surface area (Å²) >= 11 is 0. The summed E-state index contributed by atoms with van der Waals surface area (Å²) in [6, 6.07) is 0. The molecule has 0 aromatic heterocycles. The van der Waals surface area contributed by atoms with Crippen molar-refractivity contribution in [3.05, 3.63) is 12.7 Å². The first kappa shape index (κ1) is 22.7. The van der Waals surface area contributed by atoms with Crippen LogP contribution in [0.1, 0.15) is 90.4 Å². The lowest BCUT2D eigenvalue weighted by atomic mass is 10.0. The molecule has 4 nitrogen and oxygen atoms in total. The van der Waals surface area contributed by atoms with Crippen LogP contribution in [0.2, 0.25) is 0 Å². The zero-order valence-corrected chi connectivity index (χ0v) is 15.6. The molecule has 0 saturated heterocycles. The van der Waals surface area contributed by atoms with Gasteiger partial charge in [0.1, 0.15) is 6.61 Å². The first-order chi connectivity index (χ1) is 11.7. The molecule has 4 heteroatoms. The molecule has 0 radical (unpaired) electrons. The molecule has 140 valence electrons. The Bertz CT molecular complexity index is 329. The van der Waals surface area contributed by atoms with Gasteiger partial charge in [0.2, 0.25) is 5.91 Å². The Hall–Kier alpha value is -1.32. The Morgan fingerprint density at radius 2 is 1.38 bits per heavy atom. The third-order valence-electron chi connectivity index (χ3n) is 4.09. The van der Waals surface area contributed by atoms with Gasteiger partial charge in [0.25, 0.3) is 0 Å². The van der Waals surface area contributed by atoms with E-state index in [1.54, 1.807) is 0 Å². The third-order valence-corrected chi connectivity index (χ3v) is 4.09. The molecule has 0 aromatic rings. The van der Waals surface area contributed by atoms with Gasteiger partial charge in [-0.15, -0.1) is 0 Å². The van der Waals surface area contributed by atoms with Crippen molar-refractivity contribution in [3.63, 3.8) is 0 Å². The normalized spacial score (nSPS) is 10.4. The molecule has 0 fully saturated rings. The predicted molar refractivity (Wildman–Crippen MR) is 99.9 cm³/mol. The molecule has 1 amide bonds. The van der Waals surface area contributed by atoms with E-state index in [-0.39, 0.29) is 12.5 Å². The summed E-state index contributed by atoms with van der Waals surface area (Å²) in [7, 11) is 0. The fourth-order valence-corrected chi connectivity index (χ4v) is 2.62. The maximum Gasteiger partial charge on any atom is 0.330 e. The average molecular weight is 340 g/mol. The van der Waals surface area contributed by atoms with Gasteiger partial charge >= 0.3 is 5.97 Å². The standard InChI is InChI=1S/C20H37NO3/c1-3-5-6-7-8-9-10-11-12-13-14-15-16-19(22)21-17-18-24-20(23)4-2/h4H,2-3,5-18H2,1H3,(H,21,22). The highest BCUT2D eigenvalue weighted by molar-refractivity contribution is 5.81. The molecular weight excluding hydrogens is 302 g/mol. The second kappa shape index (κ2) is 18.0. The molecule has 0 atom stereocenters. The van der Waals surface area contributed by atoms with Crippen molar-refractivity contribution < 1.29 is 14.3 Å². The molecule has 0 bridgehead atoms. The molecule has 0 unspecified atom stereocenters. The smallest absolute Gasteiger partial charge is 0.330 e. The van der Waals surface area contributed by atoms with Crippen LogP contribution in [0.5, 0.6) is 0 Å². The van der Waals surface area contributed by atoms with E-state index in [1.165, 1.54) is 64.2 Å². The van der Waals surface area contributed by atoms with E-state index in [9.17, 15) is 9.59 Å². The van der Waals surface area contributed by atoms with Crippen molar-refractivity contribution in [2.45, 2.75) is 90.4 Å². The van der Waals surface area contributed by atoms with E-state index < -0.39 is 5.97 Å². The topological polar surface area (TPSA) is 55.4 Å². The molecule has 0 saturated carbocycles. The van der Waals surface area contributed by atoms with Gasteiger partial charge in [-0.2, -0.15) is 0 Å². The summed E-state index contributed by atoms with van der Waals surface area (Å²) < 4.78 is 4.79. The molecule has 0 aliphatic rings. The maximum atomic E-state index is 11.6. The number of amides is 1.